The Kier molecular flexibility index (Phi) is 3.21. The normalized spacial score (nSPS) is 10.4. The second-order valence-electron chi connectivity index (χ2n) is 3.20. The molecule has 0 radical (unpaired) electrons. The summed E-state index contributed by atoms with van der Waals surface area (Å²) in [4.78, 5) is 14.8. The van der Waals surface area contributed by atoms with Crippen LogP contribution in [0.25, 0.3) is 0 Å². The summed E-state index contributed by atoms with van der Waals surface area (Å²) in [6, 6.07) is 4.05. The van der Waals surface area contributed by atoms with Crippen LogP contribution in [-0.4, -0.2) is 22.0 Å². The Morgan fingerprint density at radius 2 is 2.25 bits per heavy atom. The zero-order valence-corrected chi connectivity index (χ0v) is 10.2. The minimum Gasteiger partial charge on any atom is -0.368 e. The van der Waals surface area contributed by atoms with Crippen LogP contribution in [-0.2, 0) is 6.54 Å². The quantitative estimate of drug-likeness (QED) is 0.906. The van der Waals surface area contributed by atoms with Gasteiger partial charge in [0.05, 0.1) is 6.54 Å². The second-order valence-corrected chi connectivity index (χ2v) is 4.57. The second kappa shape index (κ2) is 4.63. The van der Waals surface area contributed by atoms with E-state index in [1.807, 2.05) is 29.5 Å². The van der Waals surface area contributed by atoms with Crippen LogP contribution in [0.2, 0.25) is 5.28 Å². The molecule has 84 valence electrons. The lowest BCUT2D eigenvalue weighted by molar-refractivity contribution is 0.867. The molecule has 0 aliphatic rings. The van der Waals surface area contributed by atoms with Crippen LogP contribution in [0.1, 0.15) is 4.88 Å². The molecule has 0 saturated heterocycles. The van der Waals surface area contributed by atoms with Crippen molar-refractivity contribution in [1.82, 2.24) is 15.0 Å². The van der Waals surface area contributed by atoms with Crippen LogP contribution in [0.15, 0.2) is 17.5 Å². The number of rotatable bonds is 3. The average Bonchev–Trinajstić information content (AvgIpc) is 2.68. The van der Waals surface area contributed by atoms with Crippen molar-refractivity contribution in [1.29, 1.82) is 0 Å². The molecule has 0 aliphatic carbocycles. The Hall–Kier alpha value is -1.40. The van der Waals surface area contributed by atoms with E-state index in [9.17, 15) is 0 Å². The molecule has 0 aliphatic heterocycles. The van der Waals surface area contributed by atoms with Crippen molar-refractivity contribution < 1.29 is 0 Å². The van der Waals surface area contributed by atoms with E-state index in [2.05, 4.69) is 15.0 Å². The number of hydrogen-bond donors (Lipinski definition) is 1. The highest BCUT2D eigenvalue weighted by Gasteiger charge is 2.08. The van der Waals surface area contributed by atoms with Gasteiger partial charge < -0.3 is 10.6 Å². The summed E-state index contributed by atoms with van der Waals surface area (Å²) in [5, 5.41) is 2.14. The van der Waals surface area contributed by atoms with Crippen molar-refractivity contribution in [3.8, 4) is 0 Å². The van der Waals surface area contributed by atoms with E-state index in [-0.39, 0.29) is 11.2 Å². The molecule has 0 amide bonds. The number of halogens is 1. The van der Waals surface area contributed by atoms with Gasteiger partial charge >= 0.3 is 0 Å². The molecular formula is C9H10ClN5S. The van der Waals surface area contributed by atoms with E-state index in [0.717, 1.165) is 6.54 Å². The molecule has 0 unspecified atom stereocenters. The fourth-order valence-electron chi connectivity index (χ4n) is 1.23. The smallest absolute Gasteiger partial charge is 0.231 e. The Labute approximate surface area is 102 Å². The number of thiophene rings is 1. The van der Waals surface area contributed by atoms with Gasteiger partial charge in [-0.2, -0.15) is 15.0 Å². The highest BCUT2D eigenvalue weighted by atomic mass is 35.5. The van der Waals surface area contributed by atoms with Crippen molar-refractivity contribution in [2.24, 2.45) is 0 Å². The van der Waals surface area contributed by atoms with E-state index < -0.39 is 0 Å². The summed E-state index contributed by atoms with van der Waals surface area (Å²) in [6.07, 6.45) is 0. The highest BCUT2D eigenvalue weighted by Crippen LogP contribution is 2.16. The molecule has 2 aromatic rings. The van der Waals surface area contributed by atoms with Gasteiger partial charge in [-0.05, 0) is 23.0 Å². The predicted octanol–water partition coefficient (Wildman–Crippen LogP) is 1.81. The van der Waals surface area contributed by atoms with Crippen LogP contribution in [0.3, 0.4) is 0 Å². The maximum absolute atomic E-state index is 5.71. The first-order valence-electron chi connectivity index (χ1n) is 4.56. The Balaban J connectivity index is 2.17. The molecule has 7 heteroatoms. The van der Waals surface area contributed by atoms with Crippen LogP contribution < -0.4 is 10.6 Å². The van der Waals surface area contributed by atoms with E-state index in [1.54, 1.807) is 11.3 Å². The first kappa shape index (κ1) is 11.1. The summed E-state index contributed by atoms with van der Waals surface area (Å²) >= 11 is 7.39. The highest BCUT2D eigenvalue weighted by molar-refractivity contribution is 7.09. The van der Waals surface area contributed by atoms with Crippen molar-refractivity contribution >= 4 is 34.8 Å². The van der Waals surface area contributed by atoms with Crippen LogP contribution in [0, 0.1) is 0 Å². The maximum atomic E-state index is 5.71. The Bertz CT molecular complexity index is 453. The number of hydrogen-bond acceptors (Lipinski definition) is 6. The lowest BCUT2D eigenvalue weighted by Gasteiger charge is -2.15. The fraction of sp³-hybridized carbons (Fsp3) is 0.222. The van der Waals surface area contributed by atoms with Gasteiger partial charge in [0.1, 0.15) is 0 Å². The molecule has 2 aromatic heterocycles. The van der Waals surface area contributed by atoms with Gasteiger partial charge in [-0.1, -0.05) is 6.07 Å². The number of nitrogen functional groups attached to an aromatic ring is 1. The number of anilines is 2. The molecule has 5 nitrogen and oxygen atoms in total. The minimum absolute atomic E-state index is 0.112. The van der Waals surface area contributed by atoms with Crippen LogP contribution >= 0.6 is 22.9 Å². The number of nitrogens with two attached hydrogens (primary N) is 1. The largest absolute Gasteiger partial charge is 0.368 e. The Morgan fingerprint density at radius 3 is 2.88 bits per heavy atom. The molecule has 0 saturated carbocycles. The van der Waals surface area contributed by atoms with E-state index in [0.29, 0.717) is 5.95 Å². The number of aromatic nitrogens is 3. The van der Waals surface area contributed by atoms with Gasteiger partial charge in [-0.3, -0.25) is 0 Å². The van der Waals surface area contributed by atoms with Crippen LogP contribution in [0.4, 0.5) is 11.9 Å². The standard InChI is InChI=1S/C9H10ClN5S/c1-15(5-6-3-2-4-16-6)9-13-7(10)12-8(11)14-9/h2-4H,5H2,1H3,(H2,11,12,13,14). The third-order valence-corrected chi connectivity index (χ3v) is 2.96. The lowest BCUT2D eigenvalue weighted by Crippen LogP contribution is -2.19. The molecular weight excluding hydrogens is 246 g/mol. The average molecular weight is 256 g/mol. The molecule has 2 N–H and O–H groups in total. The van der Waals surface area contributed by atoms with Gasteiger partial charge in [-0.15, -0.1) is 11.3 Å². The third-order valence-electron chi connectivity index (χ3n) is 1.93. The summed E-state index contributed by atoms with van der Waals surface area (Å²) in [7, 11) is 1.88. The minimum atomic E-state index is 0.112. The first-order valence-corrected chi connectivity index (χ1v) is 5.81. The molecule has 0 fully saturated rings. The molecule has 0 aromatic carbocycles. The molecule has 2 heterocycles. The maximum Gasteiger partial charge on any atom is 0.231 e. The molecule has 0 atom stereocenters. The van der Waals surface area contributed by atoms with E-state index >= 15 is 0 Å². The van der Waals surface area contributed by atoms with E-state index in [1.165, 1.54) is 4.88 Å². The monoisotopic (exact) mass is 255 g/mol. The summed E-state index contributed by atoms with van der Waals surface area (Å²) in [5.74, 6) is 0.610. The predicted molar refractivity (Wildman–Crippen MR) is 65.7 cm³/mol. The Morgan fingerprint density at radius 1 is 1.44 bits per heavy atom. The van der Waals surface area contributed by atoms with Gasteiger partial charge in [0, 0.05) is 11.9 Å². The summed E-state index contributed by atoms with van der Waals surface area (Å²) in [6.45, 7) is 0.720. The van der Waals surface area contributed by atoms with Crippen LogP contribution in [0.5, 0.6) is 0 Å². The van der Waals surface area contributed by atoms with Crippen molar-refractivity contribution in [3.63, 3.8) is 0 Å². The van der Waals surface area contributed by atoms with Crippen molar-refractivity contribution in [2.75, 3.05) is 17.7 Å². The molecule has 0 bridgehead atoms. The zero-order chi connectivity index (χ0) is 11.5. The zero-order valence-electron chi connectivity index (χ0n) is 8.59. The molecule has 2 rings (SSSR count). The van der Waals surface area contributed by atoms with Gasteiger partial charge in [0.25, 0.3) is 0 Å². The first-order chi connectivity index (χ1) is 7.65. The lowest BCUT2D eigenvalue weighted by atomic mass is 10.4. The fourth-order valence-corrected chi connectivity index (χ4v) is 2.15. The molecule has 16 heavy (non-hydrogen) atoms. The van der Waals surface area contributed by atoms with Gasteiger partial charge in [-0.25, -0.2) is 0 Å². The number of nitrogens with zero attached hydrogens (tertiary/aromatic N) is 4. The molecule has 0 spiro atoms. The summed E-state index contributed by atoms with van der Waals surface area (Å²) < 4.78 is 0. The topological polar surface area (TPSA) is 67.9 Å². The summed E-state index contributed by atoms with van der Waals surface area (Å²) in [5.41, 5.74) is 5.50. The third kappa shape index (κ3) is 2.59. The van der Waals surface area contributed by atoms with Crippen molar-refractivity contribution in [3.05, 3.63) is 27.7 Å². The van der Waals surface area contributed by atoms with Gasteiger partial charge in [0.15, 0.2) is 0 Å². The van der Waals surface area contributed by atoms with E-state index in [4.69, 9.17) is 17.3 Å². The SMILES string of the molecule is CN(Cc1cccs1)c1nc(N)nc(Cl)n1. The van der Waals surface area contributed by atoms with Crippen molar-refractivity contribution in [2.45, 2.75) is 6.54 Å². The van der Waals surface area contributed by atoms with Gasteiger partial charge in [0.2, 0.25) is 17.2 Å².